The van der Waals surface area contributed by atoms with Gasteiger partial charge < -0.3 is 4.42 Å². The Bertz CT molecular complexity index is 823. The molecule has 0 saturated carbocycles. The molecule has 2 aromatic heterocycles. The van der Waals surface area contributed by atoms with Crippen molar-refractivity contribution in [3.8, 4) is 10.8 Å². The lowest BCUT2D eigenvalue weighted by molar-refractivity contribution is 0.186. The topological polar surface area (TPSA) is 42.2 Å². The quantitative estimate of drug-likeness (QED) is 0.613. The van der Waals surface area contributed by atoms with Crippen molar-refractivity contribution < 1.29 is 4.42 Å². The lowest BCUT2D eigenvalue weighted by atomic mass is 9.97. The molecule has 26 heavy (non-hydrogen) atoms. The molecular weight excluding hydrogens is 342 g/mol. The molecule has 0 N–H and O–H groups in total. The normalized spacial score (nSPS) is 18.5. The fourth-order valence-electron chi connectivity index (χ4n) is 3.57. The summed E-state index contributed by atoms with van der Waals surface area (Å²) in [7, 11) is 0. The predicted octanol–water partition coefficient (Wildman–Crippen LogP) is 5.30. The molecule has 5 heteroatoms. The van der Waals surface area contributed by atoms with Crippen molar-refractivity contribution in [2.24, 2.45) is 0 Å². The SMILES string of the molecule is CC(C)c1ccc(CN2CCCC(c3nnc(-c4cccs4)o3)C2)cc1. The second kappa shape index (κ2) is 7.72. The van der Waals surface area contributed by atoms with Crippen LogP contribution in [0.3, 0.4) is 0 Å². The van der Waals surface area contributed by atoms with Gasteiger partial charge in [-0.15, -0.1) is 21.5 Å². The first-order valence-electron chi connectivity index (χ1n) is 9.37. The highest BCUT2D eigenvalue weighted by Crippen LogP contribution is 2.30. The lowest BCUT2D eigenvalue weighted by Crippen LogP contribution is -2.34. The van der Waals surface area contributed by atoms with Crippen LogP contribution in [-0.4, -0.2) is 28.2 Å². The number of thiophene rings is 1. The highest BCUT2D eigenvalue weighted by atomic mass is 32.1. The van der Waals surface area contributed by atoms with E-state index in [0.29, 0.717) is 17.7 Å². The van der Waals surface area contributed by atoms with E-state index in [4.69, 9.17) is 4.42 Å². The number of aromatic nitrogens is 2. The Morgan fingerprint density at radius 1 is 1.19 bits per heavy atom. The van der Waals surface area contributed by atoms with Gasteiger partial charge >= 0.3 is 0 Å². The maximum absolute atomic E-state index is 5.97. The Kier molecular flexibility index (Phi) is 5.18. The summed E-state index contributed by atoms with van der Waals surface area (Å²) in [4.78, 5) is 3.55. The molecule has 4 rings (SSSR count). The first kappa shape index (κ1) is 17.4. The molecule has 0 aliphatic carbocycles. The van der Waals surface area contributed by atoms with E-state index in [0.717, 1.165) is 36.8 Å². The number of hydrogen-bond donors (Lipinski definition) is 0. The zero-order chi connectivity index (χ0) is 17.9. The molecule has 0 amide bonds. The fraction of sp³-hybridized carbons (Fsp3) is 0.429. The van der Waals surface area contributed by atoms with E-state index in [1.165, 1.54) is 17.5 Å². The second-order valence-corrected chi connectivity index (χ2v) is 8.34. The largest absolute Gasteiger partial charge is 0.420 e. The van der Waals surface area contributed by atoms with Gasteiger partial charge in [0.05, 0.1) is 10.8 Å². The summed E-state index contributed by atoms with van der Waals surface area (Å²) in [5.41, 5.74) is 2.78. The third-order valence-electron chi connectivity index (χ3n) is 5.08. The summed E-state index contributed by atoms with van der Waals surface area (Å²) in [6.07, 6.45) is 2.29. The van der Waals surface area contributed by atoms with Gasteiger partial charge in [0.15, 0.2) is 0 Å². The van der Waals surface area contributed by atoms with E-state index in [1.54, 1.807) is 11.3 Å². The van der Waals surface area contributed by atoms with E-state index >= 15 is 0 Å². The van der Waals surface area contributed by atoms with E-state index in [2.05, 4.69) is 53.2 Å². The number of benzene rings is 1. The van der Waals surface area contributed by atoms with Crippen LogP contribution >= 0.6 is 11.3 Å². The third kappa shape index (κ3) is 3.89. The minimum absolute atomic E-state index is 0.333. The Balaban J connectivity index is 1.41. The summed E-state index contributed by atoms with van der Waals surface area (Å²) in [6.45, 7) is 7.57. The number of piperidine rings is 1. The van der Waals surface area contributed by atoms with E-state index in [-0.39, 0.29) is 0 Å². The van der Waals surface area contributed by atoms with E-state index in [9.17, 15) is 0 Å². The number of rotatable bonds is 5. The zero-order valence-corrected chi connectivity index (χ0v) is 16.2. The molecule has 3 aromatic rings. The highest BCUT2D eigenvalue weighted by Gasteiger charge is 2.26. The number of likely N-dealkylation sites (tertiary alicyclic amines) is 1. The molecule has 0 bridgehead atoms. The predicted molar refractivity (Wildman–Crippen MR) is 105 cm³/mol. The smallest absolute Gasteiger partial charge is 0.257 e. The molecule has 136 valence electrons. The minimum atomic E-state index is 0.333. The molecule has 0 spiro atoms. The van der Waals surface area contributed by atoms with E-state index in [1.807, 2.05) is 17.5 Å². The summed E-state index contributed by atoms with van der Waals surface area (Å²) >= 11 is 1.63. The van der Waals surface area contributed by atoms with Crippen LogP contribution in [0.25, 0.3) is 10.8 Å². The molecule has 1 atom stereocenters. The van der Waals surface area contributed by atoms with Gasteiger partial charge in [0.25, 0.3) is 5.89 Å². The standard InChI is InChI=1S/C21H25N3OS/c1-15(2)17-9-7-16(8-10-17)13-24-11-3-5-18(14-24)20-22-23-21(25-20)19-6-4-12-26-19/h4,6-10,12,15,18H,3,5,11,13-14H2,1-2H3. The van der Waals surface area contributed by atoms with Gasteiger partial charge in [-0.05, 0) is 47.9 Å². The van der Waals surface area contributed by atoms with Crippen molar-refractivity contribution in [3.05, 3.63) is 58.8 Å². The molecule has 1 aliphatic heterocycles. The minimum Gasteiger partial charge on any atom is -0.420 e. The van der Waals surface area contributed by atoms with Crippen LogP contribution in [0, 0.1) is 0 Å². The Morgan fingerprint density at radius 2 is 2.04 bits per heavy atom. The molecule has 1 aliphatic rings. The van der Waals surface area contributed by atoms with E-state index < -0.39 is 0 Å². The monoisotopic (exact) mass is 367 g/mol. The number of hydrogen-bond acceptors (Lipinski definition) is 5. The van der Waals surface area contributed by atoms with Crippen molar-refractivity contribution in [1.29, 1.82) is 0 Å². The molecule has 3 heterocycles. The Labute approximate surface area is 158 Å². The van der Waals surface area contributed by atoms with Crippen LogP contribution in [0.2, 0.25) is 0 Å². The van der Waals surface area contributed by atoms with Crippen molar-refractivity contribution in [2.75, 3.05) is 13.1 Å². The maximum atomic E-state index is 5.97. The first-order valence-corrected chi connectivity index (χ1v) is 10.3. The summed E-state index contributed by atoms with van der Waals surface area (Å²) < 4.78 is 5.97. The molecular formula is C21H25N3OS. The summed E-state index contributed by atoms with van der Waals surface area (Å²) in [6, 6.07) is 13.1. The summed E-state index contributed by atoms with van der Waals surface area (Å²) in [5.74, 6) is 2.35. The van der Waals surface area contributed by atoms with Crippen LogP contribution in [0.1, 0.15) is 55.5 Å². The van der Waals surface area contributed by atoms with Gasteiger partial charge in [0.1, 0.15) is 0 Å². The van der Waals surface area contributed by atoms with Gasteiger partial charge in [-0.3, -0.25) is 4.90 Å². The maximum Gasteiger partial charge on any atom is 0.257 e. The van der Waals surface area contributed by atoms with Crippen LogP contribution < -0.4 is 0 Å². The van der Waals surface area contributed by atoms with Gasteiger partial charge in [-0.1, -0.05) is 44.2 Å². The van der Waals surface area contributed by atoms with Gasteiger partial charge in [-0.25, -0.2) is 0 Å². The van der Waals surface area contributed by atoms with Crippen LogP contribution in [0.15, 0.2) is 46.2 Å². The highest BCUT2D eigenvalue weighted by molar-refractivity contribution is 7.13. The van der Waals surface area contributed by atoms with Crippen molar-refractivity contribution in [2.45, 2.75) is 45.1 Å². The third-order valence-corrected chi connectivity index (χ3v) is 5.94. The summed E-state index contributed by atoms with van der Waals surface area (Å²) in [5, 5.41) is 10.6. The molecule has 1 aromatic carbocycles. The van der Waals surface area contributed by atoms with Crippen LogP contribution in [0.5, 0.6) is 0 Å². The zero-order valence-electron chi connectivity index (χ0n) is 15.4. The van der Waals surface area contributed by atoms with Crippen LogP contribution in [0.4, 0.5) is 0 Å². The molecule has 1 fully saturated rings. The average Bonchev–Trinajstić information content (AvgIpc) is 3.34. The lowest BCUT2D eigenvalue weighted by Gasteiger charge is -2.31. The Hall–Kier alpha value is -1.98. The Morgan fingerprint density at radius 3 is 2.77 bits per heavy atom. The molecule has 1 unspecified atom stereocenters. The van der Waals surface area contributed by atoms with Gasteiger partial charge in [0, 0.05) is 13.1 Å². The fourth-order valence-corrected chi connectivity index (χ4v) is 4.21. The number of nitrogens with zero attached hydrogens (tertiary/aromatic N) is 3. The molecule has 1 saturated heterocycles. The van der Waals surface area contributed by atoms with Crippen molar-refractivity contribution in [1.82, 2.24) is 15.1 Å². The average molecular weight is 368 g/mol. The first-order chi connectivity index (χ1) is 12.7. The van der Waals surface area contributed by atoms with Crippen molar-refractivity contribution in [3.63, 3.8) is 0 Å². The van der Waals surface area contributed by atoms with Gasteiger partial charge in [0.2, 0.25) is 5.89 Å². The van der Waals surface area contributed by atoms with Crippen molar-refractivity contribution >= 4 is 11.3 Å². The molecule has 4 nitrogen and oxygen atoms in total. The van der Waals surface area contributed by atoms with Gasteiger partial charge in [-0.2, -0.15) is 0 Å². The van der Waals surface area contributed by atoms with Crippen LogP contribution in [-0.2, 0) is 6.54 Å². The molecule has 0 radical (unpaired) electrons. The second-order valence-electron chi connectivity index (χ2n) is 7.39.